The Kier molecular flexibility index (Phi) is 5.95. The first-order valence-corrected chi connectivity index (χ1v) is 11.6. The minimum Gasteiger partial charge on any atom is -0.484 e. The molecule has 1 aliphatic rings. The minimum absolute atomic E-state index is 0.0937. The number of benzene rings is 3. The van der Waals surface area contributed by atoms with E-state index in [9.17, 15) is 13.2 Å². The summed E-state index contributed by atoms with van der Waals surface area (Å²) in [6.45, 7) is -0.153. The zero-order chi connectivity index (χ0) is 21.8. The maximum absolute atomic E-state index is 13.0. The summed E-state index contributed by atoms with van der Waals surface area (Å²) < 4.78 is 32.8. The fourth-order valence-corrected chi connectivity index (χ4v) is 4.89. The molecule has 4 rings (SSSR count). The van der Waals surface area contributed by atoms with Gasteiger partial charge in [-0.3, -0.25) is 9.10 Å². The van der Waals surface area contributed by atoms with Crippen molar-refractivity contribution in [2.75, 3.05) is 23.3 Å². The van der Waals surface area contributed by atoms with Crippen molar-refractivity contribution in [3.63, 3.8) is 0 Å². The third-order valence-electron chi connectivity index (χ3n) is 5.34. The monoisotopic (exact) mass is 436 g/mol. The molecule has 0 saturated heterocycles. The lowest BCUT2D eigenvalue weighted by Crippen LogP contribution is -2.26. The number of amides is 1. The van der Waals surface area contributed by atoms with Crippen molar-refractivity contribution < 1.29 is 17.9 Å². The van der Waals surface area contributed by atoms with Crippen LogP contribution in [0.4, 0.5) is 11.4 Å². The first-order valence-electron chi connectivity index (χ1n) is 10.1. The molecule has 0 fully saturated rings. The number of nitrogens with one attached hydrogen (secondary N) is 1. The molecule has 0 radical (unpaired) electrons. The summed E-state index contributed by atoms with van der Waals surface area (Å²) in [4.78, 5) is 12.4. The summed E-state index contributed by atoms with van der Waals surface area (Å²) in [7, 11) is -2.26. The van der Waals surface area contributed by atoms with Gasteiger partial charge in [0.25, 0.3) is 15.9 Å². The Balaban J connectivity index is 1.41. The van der Waals surface area contributed by atoms with Crippen LogP contribution in [0.2, 0.25) is 0 Å². The van der Waals surface area contributed by atoms with Crippen LogP contribution >= 0.6 is 0 Å². The van der Waals surface area contributed by atoms with Crippen LogP contribution in [-0.4, -0.2) is 28.0 Å². The Bertz CT molecular complexity index is 1190. The standard InChI is InChI=1S/C24H24N2O4S/c1-26(21-10-3-2-4-11-21)31(28,29)23-12-6-9-20(16-23)25-24(27)17-30-22-14-13-18-7-5-8-19(18)15-22/h2-4,6,9-16H,5,7-8,17H2,1H3,(H,25,27). The van der Waals surface area contributed by atoms with E-state index in [4.69, 9.17) is 4.74 Å². The highest BCUT2D eigenvalue weighted by molar-refractivity contribution is 7.92. The second-order valence-electron chi connectivity index (χ2n) is 7.46. The van der Waals surface area contributed by atoms with Gasteiger partial charge in [0, 0.05) is 12.7 Å². The van der Waals surface area contributed by atoms with Gasteiger partial charge in [0.05, 0.1) is 10.6 Å². The van der Waals surface area contributed by atoms with Crippen LogP contribution in [-0.2, 0) is 27.7 Å². The molecule has 1 N–H and O–H groups in total. The number of hydrogen-bond acceptors (Lipinski definition) is 4. The average molecular weight is 437 g/mol. The highest BCUT2D eigenvalue weighted by atomic mass is 32.2. The van der Waals surface area contributed by atoms with Crippen molar-refractivity contribution in [1.29, 1.82) is 0 Å². The zero-order valence-electron chi connectivity index (χ0n) is 17.2. The summed E-state index contributed by atoms with van der Waals surface area (Å²) in [5.41, 5.74) is 3.57. The van der Waals surface area contributed by atoms with Crippen LogP contribution in [0, 0.1) is 0 Å². The first kappa shape index (κ1) is 20.9. The number of nitrogens with zero attached hydrogens (tertiary/aromatic N) is 1. The van der Waals surface area contributed by atoms with E-state index in [1.165, 1.54) is 34.6 Å². The number of aryl methyl sites for hydroxylation is 2. The van der Waals surface area contributed by atoms with Gasteiger partial charge in [0.2, 0.25) is 0 Å². The van der Waals surface area contributed by atoms with Crippen LogP contribution in [0.5, 0.6) is 5.75 Å². The van der Waals surface area contributed by atoms with Gasteiger partial charge in [-0.1, -0.05) is 30.3 Å². The maximum Gasteiger partial charge on any atom is 0.264 e. The van der Waals surface area contributed by atoms with Gasteiger partial charge in [-0.25, -0.2) is 8.42 Å². The maximum atomic E-state index is 13.0. The molecule has 0 heterocycles. The molecule has 0 bridgehead atoms. The van der Waals surface area contributed by atoms with Crippen molar-refractivity contribution in [2.24, 2.45) is 0 Å². The summed E-state index contributed by atoms with van der Waals surface area (Å²) in [6, 6.07) is 20.9. The molecule has 0 spiro atoms. The number of para-hydroxylation sites is 1. The van der Waals surface area contributed by atoms with Crippen LogP contribution in [0.25, 0.3) is 0 Å². The molecule has 1 aliphatic carbocycles. The molecule has 6 nitrogen and oxygen atoms in total. The van der Waals surface area contributed by atoms with E-state index >= 15 is 0 Å². The topological polar surface area (TPSA) is 75.7 Å². The SMILES string of the molecule is CN(c1ccccc1)S(=O)(=O)c1cccc(NC(=O)COc2ccc3c(c2)CCC3)c1. The highest BCUT2D eigenvalue weighted by Gasteiger charge is 2.21. The molecule has 31 heavy (non-hydrogen) atoms. The van der Waals surface area contributed by atoms with Crippen molar-refractivity contribution in [2.45, 2.75) is 24.2 Å². The van der Waals surface area contributed by atoms with Crippen molar-refractivity contribution in [1.82, 2.24) is 0 Å². The number of carbonyl (C=O) groups excluding carboxylic acids is 1. The molecular weight excluding hydrogens is 412 g/mol. The van der Waals surface area contributed by atoms with Gasteiger partial charge in [-0.2, -0.15) is 0 Å². The Morgan fingerprint density at radius 2 is 1.74 bits per heavy atom. The Morgan fingerprint density at radius 1 is 0.968 bits per heavy atom. The van der Waals surface area contributed by atoms with Crippen molar-refractivity contribution in [3.05, 3.63) is 83.9 Å². The Morgan fingerprint density at radius 3 is 2.55 bits per heavy atom. The molecule has 0 saturated carbocycles. The fourth-order valence-electron chi connectivity index (χ4n) is 3.65. The molecule has 3 aromatic rings. The minimum atomic E-state index is -3.76. The summed E-state index contributed by atoms with van der Waals surface area (Å²) in [5.74, 6) is 0.308. The summed E-state index contributed by atoms with van der Waals surface area (Å²) >= 11 is 0. The Hall–Kier alpha value is -3.32. The van der Waals surface area contributed by atoms with Crippen molar-refractivity contribution in [3.8, 4) is 5.75 Å². The van der Waals surface area contributed by atoms with E-state index in [0.717, 1.165) is 19.3 Å². The lowest BCUT2D eigenvalue weighted by Gasteiger charge is -2.20. The normalized spacial score (nSPS) is 12.8. The summed E-state index contributed by atoms with van der Waals surface area (Å²) in [6.07, 6.45) is 3.28. The number of rotatable bonds is 7. The van der Waals surface area contributed by atoms with Gasteiger partial charge in [-0.15, -0.1) is 0 Å². The van der Waals surface area contributed by atoms with E-state index in [2.05, 4.69) is 5.32 Å². The average Bonchev–Trinajstić information content (AvgIpc) is 3.26. The van der Waals surface area contributed by atoms with Crippen LogP contribution in [0.3, 0.4) is 0 Å². The predicted octanol–water partition coefficient (Wildman–Crippen LogP) is 4.02. The van der Waals surface area contributed by atoms with E-state index < -0.39 is 10.0 Å². The lowest BCUT2D eigenvalue weighted by atomic mass is 10.1. The number of hydrogen-bond donors (Lipinski definition) is 1. The molecule has 0 aromatic heterocycles. The number of carbonyl (C=O) groups is 1. The number of ether oxygens (including phenoxy) is 1. The molecule has 0 unspecified atom stereocenters. The lowest BCUT2D eigenvalue weighted by molar-refractivity contribution is -0.118. The third-order valence-corrected chi connectivity index (χ3v) is 7.12. The second kappa shape index (κ2) is 8.81. The molecular formula is C24H24N2O4S. The van der Waals surface area contributed by atoms with E-state index in [-0.39, 0.29) is 17.4 Å². The van der Waals surface area contributed by atoms with Crippen LogP contribution in [0.1, 0.15) is 17.5 Å². The quantitative estimate of drug-likeness (QED) is 0.607. The van der Waals surface area contributed by atoms with E-state index in [1.807, 2.05) is 24.3 Å². The highest BCUT2D eigenvalue weighted by Crippen LogP contribution is 2.26. The number of fused-ring (bicyclic) bond motifs is 1. The van der Waals surface area contributed by atoms with Crippen LogP contribution in [0.15, 0.2) is 77.7 Å². The van der Waals surface area contributed by atoms with E-state index in [1.54, 1.807) is 36.4 Å². The smallest absolute Gasteiger partial charge is 0.264 e. The predicted molar refractivity (Wildman–Crippen MR) is 121 cm³/mol. The molecule has 1 amide bonds. The fraction of sp³-hybridized carbons (Fsp3) is 0.208. The molecule has 0 atom stereocenters. The van der Waals surface area contributed by atoms with E-state index in [0.29, 0.717) is 17.1 Å². The third kappa shape index (κ3) is 4.72. The zero-order valence-corrected chi connectivity index (χ0v) is 18.1. The second-order valence-corrected chi connectivity index (χ2v) is 9.43. The number of sulfonamides is 1. The first-order chi connectivity index (χ1) is 14.9. The van der Waals surface area contributed by atoms with Gasteiger partial charge in [0.15, 0.2) is 6.61 Å². The van der Waals surface area contributed by atoms with Gasteiger partial charge >= 0.3 is 0 Å². The van der Waals surface area contributed by atoms with Gasteiger partial charge in [0.1, 0.15) is 5.75 Å². The molecule has 0 aliphatic heterocycles. The van der Waals surface area contributed by atoms with Gasteiger partial charge in [-0.05, 0) is 72.9 Å². The molecule has 7 heteroatoms. The summed E-state index contributed by atoms with van der Waals surface area (Å²) in [5, 5.41) is 2.71. The molecule has 160 valence electrons. The largest absolute Gasteiger partial charge is 0.484 e. The Labute approximate surface area is 182 Å². The van der Waals surface area contributed by atoms with Crippen molar-refractivity contribution >= 4 is 27.3 Å². The van der Waals surface area contributed by atoms with Crippen LogP contribution < -0.4 is 14.4 Å². The number of anilines is 2. The molecule has 3 aromatic carbocycles. The van der Waals surface area contributed by atoms with Gasteiger partial charge < -0.3 is 10.1 Å².